The lowest BCUT2D eigenvalue weighted by Gasteiger charge is -2.24. The summed E-state index contributed by atoms with van der Waals surface area (Å²) in [6.07, 6.45) is 8.58. The highest BCUT2D eigenvalue weighted by atomic mass is 16.2. The molecule has 2 aromatic rings. The van der Waals surface area contributed by atoms with Crippen molar-refractivity contribution in [2.75, 3.05) is 0 Å². The summed E-state index contributed by atoms with van der Waals surface area (Å²) in [4.78, 5) is 21.1. The SMILES string of the molecule is Cc1cn2c(n1)CC[C@H](NC(=O)[C@@H]1C[C@@H]1c1cccnc1)C2. The fraction of sp³-hybridized carbons (Fsp3) is 0.471. The van der Waals surface area contributed by atoms with Crippen LogP contribution in [-0.4, -0.2) is 26.5 Å². The lowest BCUT2D eigenvalue weighted by Crippen LogP contribution is -2.41. The zero-order chi connectivity index (χ0) is 15.1. The van der Waals surface area contributed by atoms with Gasteiger partial charge in [-0.3, -0.25) is 9.78 Å². The third kappa shape index (κ3) is 2.51. The van der Waals surface area contributed by atoms with E-state index in [9.17, 15) is 4.79 Å². The van der Waals surface area contributed by atoms with Crippen molar-refractivity contribution in [2.45, 2.75) is 44.7 Å². The maximum absolute atomic E-state index is 12.4. The highest BCUT2D eigenvalue weighted by molar-refractivity contribution is 5.83. The van der Waals surface area contributed by atoms with E-state index >= 15 is 0 Å². The molecule has 0 spiro atoms. The Kier molecular flexibility index (Phi) is 3.21. The van der Waals surface area contributed by atoms with Crippen LogP contribution < -0.4 is 5.32 Å². The molecule has 2 aliphatic rings. The van der Waals surface area contributed by atoms with Gasteiger partial charge in [-0.05, 0) is 37.3 Å². The van der Waals surface area contributed by atoms with Crippen molar-refractivity contribution in [3.63, 3.8) is 0 Å². The first-order valence-corrected chi connectivity index (χ1v) is 7.93. The van der Waals surface area contributed by atoms with Gasteiger partial charge in [0.2, 0.25) is 5.91 Å². The topological polar surface area (TPSA) is 59.8 Å². The Hall–Kier alpha value is -2.17. The number of carbonyl (C=O) groups excluding carboxylic acids is 1. The molecule has 0 saturated heterocycles. The quantitative estimate of drug-likeness (QED) is 0.940. The number of carbonyl (C=O) groups is 1. The molecule has 0 radical (unpaired) electrons. The summed E-state index contributed by atoms with van der Waals surface area (Å²) < 4.78 is 2.18. The number of pyridine rings is 1. The largest absolute Gasteiger partial charge is 0.351 e. The standard InChI is InChI=1S/C17H20N4O/c1-11-9-21-10-13(4-5-16(21)19-11)20-17(22)15-7-14(15)12-3-2-6-18-8-12/h2-3,6,8-9,13-15H,4-5,7,10H2,1H3,(H,20,22)/t13-,14+,15+/m0/s1. The van der Waals surface area contributed by atoms with Gasteiger partial charge in [-0.15, -0.1) is 0 Å². The summed E-state index contributed by atoms with van der Waals surface area (Å²) in [7, 11) is 0. The van der Waals surface area contributed by atoms with Crippen molar-refractivity contribution < 1.29 is 4.79 Å². The van der Waals surface area contributed by atoms with E-state index in [1.165, 1.54) is 5.56 Å². The molecule has 5 nitrogen and oxygen atoms in total. The second kappa shape index (κ2) is 5.23. The van der Waals surface area contributed by atoms with Gasteiger partial charge in [0, 0.05) is 43.5 Å². The highest BCUT2D eigenvalue weighted by Crippen LogP contribution is 2.47. The van der Waals surface area contributed by atoms with Crippen molar-refractivity contribution in [3.8, 4) is 0 Å². The fourth-order valence-corrected chi connectivity index (χ4v) is 3.46. The number of fused-ring (bicyclic) bond motifs is 1. The molecule has 0 aromatic carbocycles. The van der Waals surface area contributed by atoms with Gasteiger partial charge in [0.05, 0.1) is 5.69 Å². The number of nitrogens with zero attached hydrogens (tertiary/aromatic N) is 3. The molecular formula is C17H20N4O. The van der Waals surface area contributed by atoms with E-state index in [2.05, 4.69) is 32.1 Å². The van der Waals surface area contributed by atoms with Crippen molar-refractivity contribution >= 4 is 5.91 Å². The number of hydrogen-bond donors (Lipinski definition) is 1. The van der Waals surface area contributed by atoms with Crippen LogP contribution in [0.5, 0.6) is 0 Å². The molecule has 114 valence electrons. The number of amides is 1. The Morgan fingerprint density at radius 1 is 1.45 bits per heavy atom. The Labute approximate surface area is 129 Å². The van der Waals surface area contributed by atoms with Crippen LogP contribution in [0, 0.1) is 12.8 Å². The molecule has 0 unspecified atom stereocenters. The second-order valence-electron chi connectivity index (χ2n) is 6.43. The van der Waals surface area contributed by atoms with Gasteiger partial charge in [0.15, 0.2) is 0 Å². The van der Waals surface area contributed by atoms with Crippen LogP contribution in [0.2, 0.25) is 0 Å². The van der Waals surface area contributed by atoms with Crippen LogP contribution in [-0.2, 0) is 17.8 Å². The maximum atomic E-state index is 12.4. The Balaban J connectivity index is 1.36. The Morgan fingerprint density at radius 3 is 3.18 bits per heavy atom. The number of nitrogens with one attached hydrogen (secondary N) is 1. The Bertz CT molecular complexity index is 694. The van der Waals surface area contributed by atoms with Crippen LogP contribution in [0.15, 0.2) is 30.7 Å². The van der Waals surface area contributed by atoms with Gasteiger partial charge >= 0.3 is 0 Å². The number of aromatic nitrogens is 3. The van der Waals surface area contributed by atoms with Gasteiger partial charge in [-0.1, -0.05) is 6.07 Å². The number of rotatable bonds is 3. The average Bonchev–Trinajstić information content (AvgIpc) is 3.24. The zero-order valence-electron chi connectivity index (χ0n) is 12.7. The smallest absolute Gasteiger partial charge is 0.224 e. The second-order valence-corrected chi connectivity index (χ2v) is 6.43. The molecule has 22 heavy (non-hydrogen) atoms. The van der Waals surface area contributed by atoms with Gasteiger partial charge in [0.25, 0.3) is 0 Å². The summed E-state index contributed by atoms with van der Waals surface area (Å²) in [5.41, 5.74) is 2.24. The van der Waals surface area contributed by atoms with Crippen molar-refractivity contribution in [2.24, 2.45) is 5.92 Å². The predicted molar refractivity (Wildman–Crippen MR) is 82.3 cm³/mol. The van der Waals surface area contributed by atoms with E-state index in [1.54, 1.807) is 6.20 Å². The molecule has 2 aromatic heterocycles. The van der Waals surface area contributed by atoms with Gasteiger partial charge in [-0.25, -0.2) is 4.98 Å². The molecule has 1 amide bonds. The molecular weight excluding hydrogens is 276 g/mol. The maximum Gasteiger partial charge on any atom is 0.224 e. The number of hydrogen-bond acceptors (Lipinski definition) is 3. The summed E-state index contributed by atoms with van der Waals surface area (Å²) in [5.74, 6) is 1.81. The van der Waals surface area contributed by atoms with Gasteiger partial charge in [0.1, 0.15) is 5.82 Å². The zero-order valence-corrected chi connectivity index (χ0v) is 12.7. The van der Waals surface area contributed by atoms with Crippen LogP contribution in [0.25, 0.3) is 0 Å². The van der Waals surface area contributed by atoms with E-state index in [0.717, 1.165) is 37.3 Å². The van der Waals surface area contributed by atoms with E-state index in [4.69, 9.17) is 0 Å². The minimum Gasteiger partial charge on any atom is -0.351 e. The molecule has 3 heterocycles. The van der Waals surface area contributed by atoms with Crippen molar-refractivity contribution in [1.29, 1.82) is 0 Å². The minimum absolute atomic E-state index is 0.120. The number of imidazole rings is 1. The molecule has 1 aliphatic carbocycles. The summed E-state index contributed by atoms with van der Waals surface area (Å²) in [5, 5.41) is 3.22. The van der Waals surface area contributed by atoms with Gasteiger partial charge < -0.3 is 9.88 Å². The van der Waals surface area contributed by atoms with Crippen LogP contribution in [0.4, 0.5) is 0 Å². The van der Waals surface area contributed by atoms with E-state index in [0.29, 0.717) is 5.92 Å². The third-order valence-corrected chi connectivity index (χ3v) is 4.70. The van der Waals surface area contributed by atoms with E-state index < -0.39 is 0 Å². The molecule has 1 saturated carbocycles. The van der Waals surface area contributed by atoms with Crippen molar-refractivity contribution in [1.82, 2.24) is 19.9 Å². The van der Waals surface area contributed by atoms with Crippen LogP contribution >= 0.6 is 0 Å². The first-order valence-electron chi connectivity index (χ1n) is 7.93. The predicted octanol–water partition coefficient (Wildman–Crippen LogP) is 1.82. The molecule has 1 N–H and O–H groups in total. The van der Waals surface area contributed by atoms with E-state index in [-0.39, 0.29) is 17.9 Å². The first kappa shape index (κ1) is 13.5. The van der Waals surface area contributed by atoms with Crippen LogP contribution in [0.1, 0.15) is 35.8 Å². The average molecular weight is 296 g/mol. The summed E-state index contributed by atoms with van der Waals surface area (Å²) in [6.45, 7) is 2.85. The molecule has 1 fully saturated rings. The fourth-order valence-electron chi connectivity index (χ4n) is 3.46. The molecule has 0 bridgehead atoms. The molecule has 3 atom stereocenters. The first-order chi connectivity index (χ1) is 10.7. The summed E-state index contributed by atoms with van der Waals surface area (Å²) in [6, 6.07) is 4.22. The van der Waals surface area contributed by atoms with E-state index in [1.807, 2.05) is 19.2 Å². The lowest BCUT2D eigenvalue weighted by atomic mass is 10.1. The monoisotopic (exact) mass is 296 g/mol. The number of aryl methyl sites for hydroxylation is 2. The lowest BCUT2D eigenvalue weighted by molar-refractivity contribution is -0.123. The van der Waals surface area contributed by atoms with Crippen molar-refractivity contribution in [3.05, 3.63) is 47.8 Å². The minimum atomic E-state index is 0.120. The van der Waals surface area contributed by atoms with Gasteiger partial charge in [-0.2, -0.15) is 0 Å². The molecule has 1 aliphatic heterocycles. The molecule has 5 heteroatoms. The van der Waals surface area contributed by atoms with Crippen LogP contribution in [0.3, 0.4) is 0 Å². The third-order valence-electron chi connectivity index (χ3n) is 4.70. The highest BCUT2D eigenvalue weighted by Gasteiger charge is 2.44. The summed E-state index contributed by atoms with van der Waals surface area (Å²) >= 11 is 0. The Morgan fingerprint density at radius 2 is 2.36 bits per heavy atom. The normalized spacial score (nSPS) is 26.3. The molecule has 4 rings (SSSR count).